The summed E-state index contributed by atoms with van der Waals surface area (Å²) >= 11 is 7.04. The average Bonchev–Trinajstić information content (AvgIpc) is 2.92. The van der Waals surface area contributed by atoms with Crippen molar-refractivity contribution in [1.29, 1.82) is 0 Å². The van der Waals surface area contributed by atoms with Gasteiger partial charge < -0.3 is 10.5 Å². The molecule has 0 aliphatic carbocycles. The number of nitrogens with two attached hydrogens (primary N) is 1. The molecule has 0 fully saturated rings. The van der Waals surface area contributed by atoms with Crippen molar-refractivity contribution in [1.82, 2.24) is 4.98 Å². The van der Waals surface area contributed by atoms with E-state index in [0.29, 0.717) is 15.9 Å². The molecule has 5 nitrogen and oxygen atoms in total. The van der Waals surface area contributed by atoms with Gasteiger partial charge in [0.2, 0.25) is 0 Å². The van der Waals surface area contributed by atoms with Crippen molar-refractivity contribution in [2.24, 2.45) is 5.73 Å². The zero-order valence-corrected chi connectivity index (χ0v) is 12.5. The minimum absolute atomic E-state index is 0.106. The van der Waals surface area contributed by atoms with Gasteiger partial charge in [-0.15, -0.1) is 0 Å². The molecular weight excluding hydrogens is 310 g/mol. The van der Waals surface area contributed by atoms with Gasteiger partial charge >= 0.3 is 0 Å². The largest absolute Gasteiger partial charge is 0.484 e. The third-order valence-corrected chi connectivity index (χ3v) is 3.33. The Morgan fingerprint density at radius 3 is 2.90 bits per heavy atom. The summed E-state index contributed by atoms with van der Waals surface area (Å²) in [5, 5.41) is 3.72. The normalized spacial score (nSPS) is 9.62. The van der Waals surface area contributed by atoms with Gasteiger partial charge in [-0.25, -0.2) is 4.98 Å². The maximum atomic E-state index is 11.7. The van der Waals surface area contributed by atoms with Crippen LogP contribution in [0.3, 0.4) is 0 Å². The zero-order chi connectivity index (χ0) is 15.1. The van der Waals surface area contributed by atoms with Crippen LogP contribution in [0.4, 0.5) is 5.13 Å². The first kappa shape index (κ1) is 15.3. The van der Waals surface area contributed by atoms with Crippen LogP contribution in [0.5, 0.6) is 5.75 Å². The number of thiazole rings is 1. The quantitative estimate of drug-likeness (QED) is 0.846. The van der Waals surface area contributed by atoms with Crippen molar-refractivity contribution in [3.05, 3.63) is 40.4 Å². The van der Waals surface area contributed by atoms with Gasteiger partial charge in [-0.1, -0.05) is 34.8 Å². The molecule has 0 aliphatic heterocycles. The van der Waals surface area contributed by atoms with Crippen molar-refractivity contribution < 1.29 is 9.53 Å². The number of carbonyl (C=O) groups excluding carboxylic acids is 1. The lowest BCUT2D eigenvalue weighted by atomic mass is 10.3. The molecule has 0 saturated heterocycles. The molecule has 7 heteroatoms. The van der Waals surface area contributed by atoms with Crippen LogP contribution in [0.25, 0.3) is 0 Å². The minimum Gasteiger partial charge on any atom is -0.484 e. The third-order valence-electron chi connectivity index (χ3n) is 2.25. The van der Waals surface area contributed by atoms with Crippen LogP contribution >= 0.6 is 22.9 Å². The maximum absolute atomic E-state index is 11.7. The number of carbonyl (C=O) groups is 1. The Morgan fingerprint density at radius 2 is 2.19 bits per heavy atom. The predicted octanol–water partition coefficient (Wildman–Crippen LogP) is 2.12. The summed E-state index contributed by atoms with van der Waals surface area (Å²) in [5.41, 5.74) is 5.28. The molecule has 0 unspecified atom stereocenters. The standard InChI is InChI=1S/C14H12ClN3O2S/c15-10-3-5-11(6-4-10)20-9-13(19)18-14-17-8-12(21-14)2-1-7-16/h3-6,8H,7,9,16H2,(H,17,18,19). The molecule has 1 amide bonds. The van der Waals surface area contributed by atoms with Crippen LogP contribution in [-0.4, -0.2) is 24.0 Å². The molecule has 0 atom stereocenters. The number of aromatic nitrogens is 1. The van der Waals surface area contributed by atoms with E-state index in [1.165, 1.54) is 11.3 Å². The smallest absolute Gasteiger partial charge is 0.264 e. The van der Waals surface area contributed by atoms with E-state index in [1.807, 2.05) is 0 Å². The molecule has 0 bridgehead atoms. The van der Waals surface area contributed by atoms with E-state index < -0.39 is 0 Å². The molecular formula is C14H12ClN3O2S. The fourth-order valence-corrected chi connectivity index (χ4v) is 2.20. The number of amides is 1. The highest BCUT2D eigenvalue weighted by Gasteiger charge is 2.07. The first-order valence-corrected chi connectivity index (χ1v) is 7.20. The van der Waals surface area contributed by atoms with E-state index in [1.54, 1.807) is 30.5 Å². The first-order chi connectivity index (χ1) is 10.2. The summed E-state index contributed by atoms with van der Waals surface area (Å²) in [5.74, 6) is 5.85. The van der Waals surface area contributed by atoms with Gasteiger partial charge in [0, 0.05) is 5.02 Å². The summed E-state index contributed by atoms with van der Waals surface area (Å²) in [6.45, 7) is 0.180. The van der Waals surface area contributed by atoms with Crippen molar-refractivity contribution in [2.45, 2.75) is 0 Å². The van der Waals surface area contributed by atoms with Crippen LogP contribution in [0, 0.1) is 11.8 Å². The Bertz CT molecular complexity index is 674. The van der Waals surface area contributed by atoms with E-state index in [9.17, 15) is 4.79 Å². The van der Waals surface area contributed by atoms with Crippen LogP contribution < -0.4 is 15.8 Å². The SMILES string of the molecule is NCC#Cc1cnc(NC(=O)COc2ccc(Cl)cc2)s1. The molecule has 108 valence electrons. The molecule has 0 spiro atoms. The topological polar surface area (TPSA) is 77.2 Å². The highest BCUT2D eigenvalue weighted by atomic mass is 35.5. The minimum atomic E-state index is -0.294. The van der Waals surface area contributed by atoms with Gasteiger partial charge in [-0.05, 0) is 24.3 Å². The summed E-state index contributed by atoms with van der Waals surface area (Å²) in [6.07, 6.45) is 1.59. The van der Waals surface area contributed by atoms with Crippen LogP contribution in [0.2, 0.25) is 5.02 Å². The maximum Gasteiger partial charge on any atom is 0.264 e. The zero-order valence-electron chi connectivity index (χ0n) is 10.9. The highest BCUT2D eigenvalue weighted by molar-refractivity contribution is 7.16. The summed E-state index contributed by atoms with van der Waals surface area (Å²) in [7, 11) is 0. The van der Waals surface area contributed by atoms with Gasteiger partial charge in [-0.3, -0.25) is 10.1 Å². The molecule has 1 aromatic carbocycles. The predicted molar refractivity (Wildman–Crippen MR) is 83.6 cm³/mol. The van der Waals surface area contributed by atoms with E-state index in [-0.39, 0.29) is 19.1 Å². The Labute approximate surface area is 131 Å². The average molecular weight is 322 g/mol. The fraction of sp³-hybridized carbons (Fsp3) is 0.143. The van der Waals surface area contributed by atoms with Gasteiger partial charge in [0.05, 0.1) is 17.6 Å². The second kappa shape index (κ2) is 7.64. The summed E-state index contributed by atoms with van der Waals surface area (Å²) < 4.78 is 5.33. The van der Waals surface area contributed by atoms with Crippen molar-refractivity contribution in [2.75, 3.05) is 18.5 Å². The Balaban J connectivity index is 1.84. The van der Waals surface area contributed by atoms with E-state index in [2.05, 4.69) is 22.1 Å². The molecule has 1 heterocycles. The number of anilines is 1. The van der Waals surface area contributed by atoms with Gasteiger partial charge in [0.25, 0.3) is 5.91 Å². The monoisotopic (exact) mass is 321 g/mol. The second-order valence-corrected chi connectivity index (χ2v) is 5.29. The number of nitrogens with one attached hydrogen (secondary N) is 1. The van der Waals surface area contributed by atoms with Gasteiger partial charge in [0.15, 0.2) is 11.7 Å². The fourth-order valence-electron chi connectivity index (χ4n) is 1.36. The molecule has 3 N–H and O–H groups in total. The molecule has 2 rings (SSSR count). The molecule has 0 saturated carbocycles. The summed E-state index contributed by atoms with van der Waals surface area (Å²) in [4.78, 5) is 16.5. The van der Waals surface area contributed by atoms with Crippen molar-refractivity contribution in [3.8, 4) is 17.6 Å². The van der Waals surface area contributed by atoms with E-state index in [4.69, 9.17) is 22.1 Å². The van der Waals surface area contributed by atoms with Crippen molar-refractivity contribution >= 4 is 34.0 Å². The Kier molecular flexibility index (Phi) is 5.58. The van der Waals surface area contributed by atoms with E-state index in [0.717, 1.165) is 4.88 Å². The van der Waals surface area contributed by atoms with Crippen LogP contribution in [0.15, 0.2) is 30.5 Å². The van der Waals surface area contributed by atoms with Crippen LogP contribution in [0.1, 0.15) is 4.88 Å². The highest BCUT2D eigenvalue weighted by Crippen LogP contribution is 2.17. The van der Waals surface area contributed by atoms with Gasteiger partial charge in [-0.2, -0.15) is 0 Å². The number of benzene rings is 1. The molecule has 21 heavy (non-hydrogen) atoms. The number of hydrogen-bond donors (Lipinski definition) is 2. The lowest BCUT2D eigenvalue weighted by molar-refractivity contribution is -0.118. The number of hydrogen-bond acceptors (Lipinski definition) is 5. The van der Waals surface area contributed by atoms with Crippen LogP contribution in [-0.2, 0) is 4.79 Å². The van der Waals surface area contributed by atoms with Gasteiger partial charge in [0.1, 0.15) is 5.75 Å². The first-order valence-electron chi connectivity index (χ1n) is 6.00. The number of halogens is 1. The molecule has 0 radical (unpaired) electrons. The second-order valence-electron chi connectivity index (χ2n) is 3.83. The molecule has 1 aromatic heterocycles. The lowest BCUT2D eigenvalue weighted by Crippen LogP contribution is -2.19. The number of rotatable bonds is 4. The van der Waals surface area contributed by atoms with Crippen molar-refractivity contribution in [3.63, 3.8) is 0 Å². The summed E-state index contributed by atoms with van der Waals surface area (Å²) in [6, 6.07) is 6.77. The Morgan fingerprint density at radius 1 is 1.43 bits per heavy atom. The molecule has 2 aromatic rings. The Hall–Kier alpha value is -2.07. The lowest BCUT2D eigenvalue weighted by Gasteiger charge is -2.05. The van der Waals surface area contributed by atoms with E-state index >= 15 is 0 Å². The molecule has 0 aliphatic rings. The number of nitrogens with zero attached hydrogens (tertiary/aromatic N) is 1. The number of ether oxygens (including phenoxy) is 1. The third kappa shape index (κ3) is 5.08.